The molecule has 0 saturated carbocycles. The van der Waals surface area contributed by atoms with Crippen LogP contribution in [0, 0.1) is 0 Å². The van der Waals surface area contributed by atoms with Crippen LogP contribution in [0.15, 0.2) is 17.5 Å². The number of fused-ring (bicyclic) bond motifs is 1. The lowest BCUT2D eigenvalue weighted by molar-refractivity contribution is 1.76. The molecule has 0 aromatic carbocycles. The number of rotatable bonds is 0. The Morgan fingerprint density at radius 1 is 0.875 bits per heavy atom. The molecule has 2 unspecified atom stereocenters. The second kappa shape index (κ2) is 1.56. The van der Waals surface area contributed by atoms with E-state index in [4.69, 9.17) is 0 Å². The van der Waals surface area contributed by atoms with Crippen LogP contribution in [0.5, 0.6) is 0 Å². The molecule has 0 amide bonds. The van der Waals surface area contributed by atoms with Crippen molar-refractivity contribution in [3.63, 3.8) is 0 Å². The van der Waals surface area contributed by atoms with E-state index in [0.29, 0.717) is 0 Å². The summed E-state index contributed by atoms with van der Waals surface area (Å²) in [7, 11) is -0.469. The van der Waals surface area contributed by atoms with E-state index in [-0.39, 0.29) is 19.8 Å². The molecule has 0 fully saturated rings. The Morgan fingerprint density at radius 2 is 1.38 bits per heavy atom. The van der Waals surface area contributed by atoms with Gasteiger partial charge in [-0.25, -0.2) is 0 Å². The summed E-state index contributed by atoms with van der Waals surface area (Å²) in [6.45, 7) is 0. The lowest BCUT2D eigenvalue weighted by Gasteiger charge is -1.80. The average molecular weight is 146 g/mol. The highest BCUT2D eigenvalue weighted by Crippen LogP contribution is 2.11. The van der Waals surface area contributed by atoms with E-state index < -0.39 is 0 Å². The monoisotopic (exact) mass is 146 g/mol. The molecule has 4 nitrogen and oxygen atoms in total. The quantitative estimate of drug-likeness (QED) is 0.445. The van der Waals surface area contributed by atoms with Crippen molar-refractivity contribution < 1.29 is 0 Å². The van der Waals surface area contributed by atoms with Gasteiger partial charge in [0.15, 0.2) is 0 Å². The molecule has 0 aromatic rings. The van der Waals surface area contributed by atoms with Gasteiger partial charge < -0.3 is 0 Å². The van der Waals surface area contributed by atoms with Crippen LogP contribution in [0.4, 0.5) is 0 Å². The molecular weight excluding hydrogens is 144 g/mol. The lowest BCUT2D eigenvalue weighted by Crippen LogP contribution is -1.77. The van der Waals surface area contributed by atoms with E-state index in [9.17, 15) is 0 Å². The van der Waals surface area contributed by atoms with Crippen molar-refractivity contribution in [2.24, 2.45) is 17.5 Å². The summed E-state index contributed by atoms with van der Waals surface area (Å²) in [4.78, 5) is 0. The number of hydrogen-bond donors (Lipinski definition) is 0. The van der Waals surface area contributed by atoms with Crippen molar-refractivity contribution in [1.29, 1.82) is 0 Å². The van der Waals surface area contributed by atoms with E-state index in [2.05, 4.69) is 17.5 Å². The maximum Gasteiger partial charge on any atom is 0.136 e. The van der Waals surface area contributed by atoms with Gasteiger partial charge in [0.1, 0.15) is 32.5 Å². The highest BCUT2D eigenvalue weighted by molar-refractivity contribution is 8.62. The van der Waals surface area contributed by atoms with Crippen LogP contribution in [0.2, 0.25) is 0 Å². The van der Waals surface area contributed by atoms with Gasteiger partial charge >= 0.3 is 0 Å². The molecule has 0 aliphatic carbocycles. The SMILES string of the molecule is C1=NS2=NC=NS2=N1. The maximum atomic E-state index is 3.95. The third kappa shape index (κ3) is 0.496. The third-order valence-corrected chi connectivity index (χ3v) is 3.88. The van der Waals surface area contributed by atoms with Gasteiger partial charge in [0.05, 0.1) is 0 Å². The first-order valence-corrected chi connectivity index (χ1v) is 4.72. The van der Waals surface area contributed by atoms with E-state index >= 15 is 0 Å². The molecule has 0 radical (unpaired) electrons. The third-order valence-electron chi connectivity index (χ3n) is 0.683. The average Bonchev–Trinajstić information content (AvgIpc) is 2.15. The minimum Gasteiger partial charge on any atom is -0.181 e. The standard InChI is InChI=1S/C2H2N4S2/c1-3-7-5-2-6-8(7)4-1/h1-2H. The Morgan fingerprint density at radius 3 is 1.88 bits per heavy atom. The van der Waals surface area contributed by atoms with Crippen molar-refractivity contribution in [3.05, 3.63) is 0 Å². The maximum absolute atomic E-state index is 3.95. The Labute approximate surface area is 50.6 Å². The topological polar surface area (TPSA) is 49.4 Å². The van der Waals surface area contributed by atoms with E-state index in [1.165, 1.54) is 0 Å². The molecule has 2 aliphatic heterocycles. The highest BCUT2D eigenvalue weighted by Gasteiger charge is 2.09. The summed E-state index contributed by atoms with van der Waals surface area (Å²) in [6, 6.07) is 0. The summed E-state index contributed by atoms with van der Waals surface area (Å²) < 4.78 is 15.8. The van der Waals surface area contributed by atoms with Crippen molar-refractivity contribution in [1.82, 2.24) is 0 Å². The summed E-state index contributed by atoms with van der Waals surface area (Å²) in [5.74, 6) is 0. The summed E-state index contributed by atoms with van der Waals surface area (Å²) in [6.07, 6.45) is 3.10. The van der Waals surface area contributed by atoms with Crippen molar-refractivity contribution >= 4 is 32.5 Å². The first-order chi connectivity index (χ1) is 3.97. The summed E-state index contributed by atoms with van der Waals surface area (Å²) >= 11 is 0. The summed E-state index contributed by atoms with van der Waals surface area (Å²) in [5, 5.41) is 0. The van der Waals surface area contributed by atoms with Crippen LogP contribution < -0.4 is 0 Å². The largest absolute Gasteiger partial charge is 0.181 e. The van der Waals surface area contributed by atoms with Crippen LogP contribution in [0.25, 0.3) is 0 Å². The lowest BCUT2D eigenvalue weighted by atomic mass is 11.4. The van der Waals surface area contributed by atoms with E-state index in [0.717, 1.165) is 0 Å². The smallest absolute Gasteiger partial charge is 0.136 e. The second-order valence-corrected chi connectivity index (χ2v) is 4.67. The van der Waals surface area contributed by atoms with Gasteiger partial charge in [0.25, 0.3) is 0 Å². The highest BCUT2D eigenvalue weighted by atomic mass is 33.1. The van der Waals surface area contributed by atoms with Crippen LogP contribution in [0.3, 0.4) is 0 Å². The van der Waals surface area contributed by atoms with Crippen LogP contribution in [-0.4, -0.2) is 12.7 Å². The minimum absolute atomic E-state index is 0.235. The Hall–Kier alpha value is -0.360. The van der Waals surface area contributed by atoms with E-state index in [1.54, 1.807) is 12.7 Å². The van der Waals surface area contributed by atoms with Gasteiger partial charge in [-0.3, -0.25) is 0 Å². The molecule has 6 heteroatoms. The fraction of sp³-hybridized carbons (Fsp3) is 0. The summed E-state index contributed by atoms with van der Waals surface area (Å²) in [5.41, 5.74) is 0. The van der Waals surface area contributed by atoms with Gasteiger partial charge in [-0.15, -0.1) is 0 Å². The first kappa shape index (κ1) is 4.51. The fourth-order valence-electron chi connectivity index (χ4n) is 0.408. The van der Waals surface area contributed by atoms with Gasteiger partial charge in [0.2, 0.25) is 0 Å². The second-order valence-electron chi connectivity index (χ2n) is 1.11. The van der Waals surface area contributed by atoms with Gasteiger partial charge in [-0.05, 0) is 0 Å². The van der Waals surface area contributed by atoms with Gasteiger partial charge in [-0.1, -0.05) is 0 Å². The zero-order valence-corrected chi connectivity index (χ0v) is 5.39. The van der Waals surface area contributed by atoms with Crippen molar-refractivity contribution in [3.8, 4) is 0 Å². The molecule has 2 heterocycles. The van der Waals surface area contributed by atoms with Crippen molar-refractivity contribution in [2.75, 3.05) is 0 Å². The molecule has 0 spiro atoms. The van der Waals surface area contributed by atoms with Gasteiger partial charge in [-0.2, -0.15) is 17.5 Å². The van der Waals surface area contributed by atoms with Crippen molar-refractivity contribution in [2.45, 2.75) is 0 Å². The first-order valence-electron chi connectivity index (χ1n) is 1.93. The predicted octanol–water partition coefficient (Wildman–Crippen LogP) is 0.419. The zero-order chi connectivity index (χ0) is 5.40. The minimum atomic E-state index is -0.235. The molecule has 0 bridgehead atoms. The Kier molecular flexibility index (Phi) is 0.879. The fourth-order valence-corrected chi connectivity index (χ4v) is 2.84. The van der Waals surface area contributed by atoms with Crippen LogP contribution >= 0.6 is 0 Å². The molecule has 8 heavy (non-hydrogen) atoms. The van der Waals surface area contributed by atoms with E-state index in [1.807, 2.05) is 0 Å². The molecule has 0 aromatic heterocycles. The predicted molar refractivity (Wildman–Crippen MR) is 36.6 cm³/mol. The molecule has 2 atom stereocenters. The normalized spacial score (nSPS) is 39.0. The van der Waals surface area contributed by atoms with Gasteiger partial charge in [0, 0.05) is 0 Å². The Balaban J connectivity index is 2.59. The molecule has 2 rings (SSSR count). The number of nitrogens with zero attached hydrogens (tertiary/aromatic N) is 4. The molecule has 42 valence electrons. The molecule has 0 N–H and O–H groups in total. The van der Waals surface area contributed by atoms with Crippen LogP contribution in [-0.2, 0) is 19.8 Å². The Bertz CT molecular complexity index is 210. The number of hydrogen-bond acceptors (Lipinski definition) is 4. The molecule has 0 saturated heterocycles. The molecule has 2 aliphatic rings. The van der Waals surface area contributed by atoms with Crippen LogP contribution in [0.1, 0.15) is 0 Å². The zero-order valence-electron chi connectivity index (χ0n) is 3.76. The molecular formula is C2H2N4S2.